The molecule has 2 aromatic rings. The molecular formula is C30H32N2O4. The summed E-state index contributed by atoms with van der Waals surface area (Å²) in [5.74, 6) is -1.12. The maximum absolute atomic E-state index is 12.7. The summed E-state index contributed by atoms with van der Waals surface area (Å²) in [6.07, 6.45) is 4.13. The zero-order valence-corrected chi connectivity index (χ0v) is 22.0. The standard InChI is InChI=1S/C30H32N2O4/c1-8-21-14-23(10-16(3)27(21)31-25(33)12-18(5)29(31)35)20(7)24-11-17(4)28(22(9-2)15-24)32-26(34)13-19(6)30(32)36/h10-15,20H,8-9H2,1-7H3. The summed E-state index contributed by atoms with van der Waals surface area (Å²) in [5.41, 5.74) is 8.04. The van der Waals surface area contributed by atoms with Gasteiger partial charge in [-0.05, 0) is 73.9 Å². The second kappa shape index (κ2) is 9.34. The lowest BCUT2D eigenvalue weighted by atomic mass is 9.86. The second-order valence-corrected chi connectivity index (χ2v) is 9.73. The lowest BCUT2D eigenvalue weighted by molar-refractivity contribution is -0.121. The van der Waals surface area contributed by atoms with Crippen LogP contribution in [0.25, 0.3) is 0 Å². The van der Waals surface area contributed by atoms with Crippen molar-refractivity contribution in [3.05, 3.63) is 80.9 Å². The van der Waals surface area contributed by atoms with Crippen molar-refractivity contribution in [2.75, 3.05) is 9.80 Å². The molecule has 2 aromatic carbocycles. The number of carbonyl (C=O) groups is 4. The van der Waals surface area contributed by atoms with Crippen LogP contribution >= 0.6 is 0 Å². The summed E-state index contributed by atoms with van der Waals surface area (Å²) in [6.45, 7) is 13.4. The Kier molecular flexibility index (Phi) is 6.56. The molecule has 0 saturated carbocycles. The van der Waals surface area contributed by atoms with Gasteiger partial charge in [0.25, 0.3) is 23.6 Å². The lowest BCUT2D eigenvalue weighted by Gasteiger charge is -2.25. The van der Waals surface area contributed by atoms with Crippen LogP contribution < -0.4 is 9.80 Å². The van der Waals surface area contributed by atoms with Crippen LogP contribution in [0.1, 0.15) is 73.9 Å². The molecule has 36 heavy (non-hydrogen) atoms. The zero-order valence-electron chi connectivity index (χ0n) is 22.0. The normalized spacial score (nSPS) is 16.0. The van der Waals surface area contributed by atoms with E-state index in [2.05, 4.69) is 19.1 Å². The first-order valence-electron chi connectivity index (χ1n) is 12.4. The first kappa shape index (κ1) is 25.3. The number of hydrogen-bond acceptors (Lipinski definition) is 4. The topological polar surface area (TPSA) is 74.8 Å². The Balaban J connectivity index is 1.75. The van der Waals surface area contributed by atoms with Crippen molar-refractivity contribution in [3.63, 3.8) is 0 Å². The van der Waals surface area contributed by atoms with Crippen LogP contribution in [0, 0.1) is 13.8 Å². The van der Waals surface area contributed by atoms with Crippen LogP contribution in [-0.4, -0.2) is 23.6 Å². The fourth-order valence-corrected chi connectivity index (χ4v) is 5.24. The van der Waals surface area contributed by atoms with E-state index >= 15 is 0 Å². The SMILES string of the molecule is CCc1cc(C(C)c2cc(C)c(N3C(=O)C=C(C)C3=O)c(CC)c2)cc(C)c1N1C(=O)C=C(C)C1=O. The Bertz CT molecular complexity index is 1290. The van der Waals surface area contributed by atoms with E-state index in [1.807, 2.05) is 39.8 Å². The summed E-state index contributed by atoms with van der Waals surface area (Å²) in [4.78, 5) is 53.0. The number of benzene rings is 2. The van der Waals surface area contributed by atoms with E-state index in [0.29, 0.717) is 35.4 Å². The number of carbonyl (C=O) groups excluding carboxylic acids is 4. The highest BCUT2D eigenvalue weighted by Crippen LogP contribution is 2.38. The van der Waals surface area contributed by atoms with Crippen LogP contribution in [0.15, 0.2) is 47.6 Å². The van der Waals surface area contributed by atoms with Crippen LogP contribution in [0.2, 0.25) is 0 Å². The summed E-state index contributed by atoms with van der Waals surface area (Å²) < 4.78 is 0. The van der Waals surface area contributed by atoms with Crippen molar-refractivity contribution in [3.8, 4) is 0 Å². The average Bonchev–Trinajstić information content (AvgIpc) is 3.23. The molecule has 2 heterocycles. The molecule has 0 atom stereocenters. The summed E-state index contributed by atoms with van der Waals surface area (Å²) in [5, 5.41) is 0. The van der Waals surface area contributed by atoms with Crippen LogP contribution in [0.3, 0.4) is 0 Å². The molecule has 2 aliphatic rings. The molecule has 0 spiro atoms. The van der Waals surface area contributed by atoms with Gasteiger partial charge in [-0.1, -0.05) is 45.0 Å². The van der Waals surface area contributed by atoms with Gasteiger partial charge in [0.1, 0.15) is 0 Å². The third-order valence-corrected chi connectivity index (χ3v) is 7.21. The van der Waals surface area contributed by atoms with Gasteiger partial charge in [-0.25, -0.2) is 9.80 Å². The van der Waals surface area contributed by atoms with Crippen molar-refractivity contribution in [1.82, 2.24) is 0 Å². The third kappa shape index (κ3) is 4.00. The number of aryl methyl sites for hydroxylation is 4. The van der Waals surface area contributed by atoms with Crippen LogP contribution in [0.5, 0.6) is 0 Å². The Hall–Kier alpha value is -3.80. The highest BCUT2D eigenvalue weighted by Gasteiger charge is 2.34. The summed E-state index contributed by atoms with van der Waals surface area (Å²) in [7, 11) is 0. The molecule has 2 aliphatic heterocycles. The minimum absolute atomic E-state index is 0.0239. The van der Waals surface area contributed by atoms with Crippen molar-refractivity contribution in [2.45, 2.75) is 67.2 Å². The van der Waals surface area contributed by atoms with Gasteiger partial charge < -0.3 is 0 Å². The second-order valence-electron chi connectivity index (χ2n) is 9.73. The number of nitrogens with zero attached hydrogens (tertiary/aromatic N) is 2. The van der Waals surface area contributed by atoms with E-state index in [1.54, 1.807) is 13.8 Å². The summed E-state index contributed by atoms with van der Waals surface area (Å²) >= 11 is 0. The number of anilines is 2. The van der Waals surface area contributed by atoms with Gasteiger partial charge >= 0.3 is 0 Å². The molecular weight excluding hydrogens is 452 g/mol. The van der Waals surface area contributed by atoms with Crippen molar-refractivity contribution < 1.29 is 19.2 Å². The molecule has 0 bridgehead atoms. The number of imide groups is 2. The fraction of sp³-hybridized carbons (Fsp3) is 0.333. The molecule has 0 aromatic heterocycles. The third-order valence-electron chi connectivity index (χ3n) is 7.21. The molecule has 186 valence electrons. The maximum Gasteiger partial charge on any atom is 0.261 e. The Morgan fingerprint density at radius 3 is 1.28 bits per heavy atom. The first-order valence-corrected chi connectivity index (χ1v) is 12.4. The largest absolute Gasteiger partial charge is 0.269 e. The van der Waals surface area contributed by atoms with Crippen molar-refractivity contribution in [1.29, 1.82) is 0 Å². The molecule has 0 saturated heterocycles. The number of hydrogen-bond donors (Lipinski definition) is 0. The predicted molar refractivity (Wildman–Crippen MR) is 141 cm³/mol. The van der Waals surface area contributed by atoms with E-state index in [1.165, 1.54) is 22.0 Å². The van der Waals surface area contributed by atoms with Crippen LogP contribution in [0.4, 0.5) is 11.4 Å². The van der Waals surface area contributed by atoms with E-state index in [4.69, 9.17) is 0 Å². The van der Waals surface area contributed by atoms with Crippen molar-refractivity contribution >= 4 is 35.0 Å². The molecule has 0 aliphatic carbocycles. The molecule has 0 unspecified atom stereocenters. The average molecular weight is 485 g/mol. The summed E-state index contributed by atoms with van der Waals surface area (Å²) in [6, 6.07) is 8.25. The number of rotatable bonds is 6. The molecule has 6 nitrogen and oxygen atoms in total. The van der Waals surface area contributed by atoms with E-state index in [9.17, 15) is 19.2 Å². The van der Waals surface area contributed by atoms with E-state index in [0.717, 1.165) is 33.4 Å². The first-order chi connectivity index (χ1) is 17.0. The molecule has 0 radical (unpaired) electrons. The minimum Gasteiger partial charge on any atom is -0.269 e. The minimum atomic E-state index is -0.300. The van der Waals surface area contributed by atoms with Crippen molar-refractivity contribution in [2.24, 2.45) is 0 Å². The Labute approximate surface area is 212 Å². The molecule has 0 N–H and O–H groups in total. The van der Waals surface area contributed by atoms with Gasteiger partial charge in [0.05, 0.1) is 11.4 Å². The smallest absolute Gasteiger partial charge is 0.261 e. The number of amides is 4. The van der Waals surface area contributed by atoms with Gasteiger partial charge in [-0.15, -0.1) is 0 Å². The van der Waals surface area contributed by atoms with Gasteiger partial charge in [0.2, 0.25) is 0 Å². The molecule has 4 amide bonds. The Morgan fingerprint density at radius 2 is 1.00 bits per heavy atom. The van der Waals surface area contributed by atoms with Gasteiger partial charge in [-0.3, -0.25) is 19.2 Å². The van der Waals surface area contributed by atoms with Crippen LogP contribution in [-0.2, 0) is 32.0 Å². The van der Waals surface area contributed by atoms with E-state index in [-0.39, 0.29) is 29.5 Å². The molecule has 4 rings (SSSR count). The highest BCUT2D eigenvalue weighted by molar-refractivity contribution is 6.31. The van der Waals surface area contributed by atoms with Gasteiger partial charge in [-0.2, -0.15) is 0 Å². The quantitative estimate of drug-likeness (QED) is 0.527. The molecule has 6 heteroatoms. The zero-order chi connectivity index (χ0) is 26.5. The lowest BCUT2D eigenvalue weighted by Crippen LogP contribution is -2.32. The van der Waals surface area contributed by atoms with Gasteiger partial charge in [0, 0.05) is 29.2 Å². The maximum atomic E-state index is 12.7. The van der Waals surface area contributed by atoms with Gasteiger partial charge in [0.15, 0.2) is 0 Å². The predicted octanol–water partition coefficient (Wildman–Crippen LogP) is 5.22. The monoisotopic (exact) mass is 484 g/mol. The van der Waals surface area contributed by atoms with E-state index < -0.39 is 0 Å². The highest BCUT2D eigenvalue weighted by atomic mass is 16.2. The Morgan fingerprint density at radius 1 is 0.639 bits per heavy atom. The fourth-order valence-electron chi connectivity index (χ4n) is 5.24. The molecule has 0 fully saturated rings.